The lowest BCUT2D eigenvalue weighted by Gasteiger charge is -2.08. The normalized spacial score (nSPS) is 14.0. The molecule has 0 aromatic heterocycles. The predicted molar refractivity (Wildman–Crippen MR) is 50.2 cm³/mol. The van der Waals surface area contributed by atoms with Crippen LogP contribution in [0.4, 0.5) is 79.0 Å². The lowest BCUT2D eigenvalue weighted by molar-refractivity contribution is -0.233. The standard InChI is InChI=1S/3C3H2F6/c3*4-2(5,6)1-3(7,8)9/h3*1H2. The van der Waals surface area contributed by atoms with Gasteiger partial charge in [-0.25, -0.2) is 0 Å². The quantitative estimate of drug-likeness (QED) is 0.331. The average molecular weight is 456 g/mol. The van der Waals surface area contributed by atoms with E-state index in [2.05, 4.69) is 0 Å². The van der Waals surface area contributed by atoms with Crippen molar-refractivity contribution in [1.82, 2.24) is 0 Å². The number of rotatable bonds is 0. The second-order valence-corrected chi connectivity index (χ2v) is 4.22. The smallest absolute Gasteiger partial charge is 0.171 e. The zero-order valence-electron chi connectivity index (χ0n) is 11.9. The summed E-state index contributed by atoms with van der Waals surface area (Å²) in [4.78, 5) is 0. The molecule has 27 heavy (non-hydrogen) atoms. The van der Waals surface area contributed by atoms with E-state index in [1.54, 1.807) is 0 Å². The van der Waals surface area contributed by atoms with E-state index in [4.69, 9.17) is 0 Å². The minimum Gasteiger partial charge on any atom is -0.171 e. The van der Waals surface area contributed by atoms with Gasteiger partial charge in [0.1, 0.15) is 19.3 Å². The average Bonchev–Trinajstić information content (AvgIpc) is 1.96. The number of hydrogen-bond donors (Lipinski definition) is 0. The van der Waals surface area contributed by atoms with Crippen LogP contribution in [0.5, 0.6) is 0 Å². The lowest BCUT2D eigenvalue weighted by Crippen LogP contribution is -2.20. The predicted octanol–water partition coefficient (Wildman–Crippen LogP) is 7.50. The zero-order valence-corrected chi connectivity index (χ0v) is 11.9. The van der Waals surface area contributed by atoms with Gasteiger partial charge >= 0.3 is 37.1 Å². The first-order valence-corrected chi connectivity index (χ1v) is 5.52. The van der Waals surface area contributed by atoms with E-state index in [0.717, 1.165) is 0 Å². The summed E-state index contributed by atoms with van der Waals surface area (Å²) < 4.78 is 195. The maximum absolute atomic E-state index is 10.8. The summed E-state index contributed by atoms with van der Waals surface area (Å²) in [5, 5.41) is 0. The van der Waals surface area contributed by atoms with Gasteiger partial charge in [-0.1, -0.05) is 0 Å². The fourth-order valence-electron chi connectivity index (χ4n) is 0.682. The maximum atomic E-state index is 10.8. The van der Waals surface area contributed by atoms with E-state index < -0.39 is 56.3 Å². The van der Waals surface area contributed by atoms with Crippen molar-refractivity contribution >= 4 is 0 Å². The van der Waals surface area contributed by atoms with Gasteiger partial charge in [0.05, 0.1) is 0 Å². The molecule has 0 aliphatic heterocycles. The van der Waals surface area contributed by atoms with Crippen LogP contribution in [0.15, 0.2) is 0 Å². The maximum Gasteiger partial charge on any atom is 0.397 e. The van der Waals surface area contributed by atoms with Gasteiger partial charge in [0, 0.05) is 0 Å². The van der Waals surface area contributed by atoms with Crippen LogP contribution in [0.1, 0.15) is 19.3 Å². The molecule has 0 unspecified atom stereocenters. The van der Waals surface area contributed by atoms with Crippen LogP contribution in [0.3, 0.4) is 0 Å². The summed E-state index contributed by atoms with van der Waals surface area (Å²) in [6, 6.07) is 0. The van der Waals surface area contributed by atoms with Gasteiger partial charge in [0.15, 0.2) is 0 Å². The molecule has 0 rings (SSSR count). The van der Waals surface area contributed by atoms with Gasteiger partial charge in [0.25, 0.3) is 0 Å². The Morgan fingerprint density at radius 2 is 0.296 bits per heavy atom. The molecule has 0 aliphatic rings. The van der Waals surface area contributed by atoms with Crippen molar-refractivity contribution < 1.29 is 79.0 Å². The van der Waals surface area contributed by atoms with Crippen molar-refractivity contribution in [2.45, 2.75) is 56.3 Å². The summed E-state index contributed by atoms with van der Waals surface area (Å²) in [5.41, 5.74) is 0. The van der Waals surface area contributed by atoms with Crippen molar-refractivity contribution in [2.24, 2.45) is 0 Å². The molecule has 0 aliphatic carbocycles. The Balaban J connectivity index is -0.000000320. The Bertz CT molecular complexity index is 282. The second kappa shape index (κ2) is 9.79. The molecular weight excluding hydrogens is 450 g/mol. The SMILES string of the molecule is FC(F)(F)CC(F)(F)F.FC(F)(F)CC(F)(F)F.FC(F)(F)CC(F)(F)F. The Morgan fingerprint density at radius 3 is 0.296 bits per heavy atom. The molecule has 0 fully saturated rings. The number of hydrogen-bond acceptors (Lipinski definition) is 0. The third-order valence-corrected chi connectivity index (χ3v) is 1.20. The molecular formula is C9H6F18. The minimum absolute atomic E-state index is 2.71. The van der Waals surface area contributed by atoms with E-state index in [9.17, 15) is 79.0 Å². The van der Waals surface area contributed by atoms with Crippen molar-refractivity contribution in [1.29, 1.82) is 0 Å². The summed E-state index contributed by atoms with van der Waals surface area (Å²) in [7, 11) is 0. The highest BCUT2D eigenvalue weighted by Gasteiger charge is 2.45. The molecule has 0 N–H and O–H groups in total. The van der Waals surface area contributed by atoms with Crippen LogP contribution in [0.25, 0.3) is 0 Å². The first-order chi connectivity index (χ1) is 11.1. The van der Waals surface area contributed by atoms with Gasteiger partial charge in [0.2, 0.25) is 0 Å². The third kappa shape index (κ3) is 45.7. The van der Waals surface area contributed by atoms with E-state index in [-0.39, 0.29) is 0 Å². The first kappa shape index (κ1) is 30.5. The Morgan fingerprint density at radius 1 is 0.222 bits per heavy atom. The number of alkyl halides is 18. The topological polar surface area (TPSA) is 0 Å². The van der Waals surface area contributed by atoms with Crippen LogP contribution >= 0.6 is 0 Å². The van der Waals surface area contributed by atoms with E-state index in [1.165, 1.54) is 0 Å². The lowest BCUT2D eigenvalue weighted by atomic mass is 10.4. The molecule has 0 aromatic carbocycles. The Hall–Kier alpha value is -1.26. The first-order valence-electron chi connectivity index (χ1n) is 5.52. The molecule has 0 amide bonds. The van der Waals surface area contributed by atoms with E-state index >= 15 is 0 Å². The molecule has 0 spiro atoms. The number of halogens is 18. The highest BCUT2D eigenvalue weighted by molar-refractivity contribution is 4.58. The summed E-state index contributed by atoms with van der Waals surface area (Å²) in [6.45, 7) is 0. The molecule has 0 aromatic rings. The Kier molecular flexibility index (Phi) is 11.0. The molecule has 0 radical (unpaired) electrons. The van der Waals surface area contributed by atoms with Crippen LogP contribution < -0.4 is 0 Å². The van der Waals surface area contributed by atoms with Gasteiger partial charge in [-0.05, 0) is 0 Å². The van der Waals surface area contributed by atoms with Crippen LogP contribution in [-0.2, 0) is 0 Å². The molecule has 18 heteroatoms. The van der Waals surface area contributed by atoms with Gasteiger partial charge in [-0.3, -0.25) is 0 Å². The van der Waals surface area contributed by atoms with E-state index in [0.29, 0.717) is 0 Å². The van der Waals surface area contributed by atoms with Crippen molar-refractivity contribution in [2.75, 3.05) is 0 Å². The fraction of sp³-hybridized carbons (Fsp3) is 1.00. The van der Waals surface area contributed by atoms with Gasteiger partial charge in [-0.2, -0.15) is 79.0 Å². The molecule has 0 heterocycles. The highest BCUT2D eigenvalue weighted by Crippen LogP contribution is 2.33. The molecule has 0 saturated heterocycles. The van der Waals surface area contributed by atoms with Crippen LogP contribution in [-0.4, -0.2) is 37.1 Å². The van der Waals surface area contributed by atoms with Crippen LogP contribution in [0.2, 0.25) is 0 Å². The van der Waals surface area contributed by atoms with Crippen molar-refractivity contribution in [3.05, 3.63) is 0 Å². The molecule has 0 nitrogen and oxygen atoms in total. The van der Waals surface area contributed by atoms with Gasteiger partial charge in [-0.15, -0.1) is 0 Å². The zero-order chi connectivity index (χ0) is 23.1. The Labute approximate surface area is 137 Å². The highest BCUT2D eigenvalue weighted by atomic mass is 19.4. The third-order valence-electron chi connectivity index (χ3n) is 1.20. The van der Waals surface area contributed by atoms with Crippen molar-refractivity contribution in [3.8, 4) is 0 Å². The van der Waals surface area contributed by atoms with Crippen LogP contribution in [0, 0.1) is 0 Å². The van der Waals surface area contributed by atoms with Gasteiger partial charge < -0.3 is 0 Å². The molecule has 0 atom stereocenters. The summed E-state index contributed by atoms with van der Waals surface area (Å²) in [6.07, 6.45) is -39.0. The molecule has 168 valence electrons. The molecule has 0 saturated carbocycles. The monoisotopic (exact) mass is 456 g/mol. The largest absolute Gasteiger partial charge is 0.397 e. The summed E-state index contributed by atoms with van der Waals surface area (Å²) in [5.74, 6) is 0. The second-order valence-electron chi connectivity index (χ2n) is 4.22. The fourth-order valence-corrected chi connectivity index (χ4v) is 0.682. The minimum atomic E-state index is -5.14. The van der Waals surface area contributed by atoms with E-state index in [1.807, 2.05) is 0 Å². The summed E-state index contributed by atoms with van der Waals surface area (Å²) >= 11 is 0. The molecule has 0 bridgehead atoms. The van der Waals surface area contributed by atoms with Crippen molar-refractivity contribution in [3.63, 3.8) is 0 Å².